The van der Waals surface area contributed by atoms with E-state index in [1.165, 1.54) is 23.9 Å². The Hall–Kier alpha value is -3.20. The first-order valence-electron chi connectivity index (χ1n) is 9.69. The molecule has 3 heterocycles. The summed E-state index contributed by atoms with van der Waals surface area (Å²) in [6.07, 6.45) is 1.57. The number of carbonyl (C=O) groups excluding carboxylic acids is 2. The van der Waals surface area contributed by atoms with Crippen LogP contribution >= 0.6 is 0 Å². The fourth-order valence-corrected chi connectivity index (χ4v) is 3.91. The van der Waals surface area contributed by atoms with E-state index in [0.29, 0.717) is 18.6 Å². The first kappa shape index (κ1) is 20.1. The first-order chi connectivity index (χ1) is 14.4. The number of ether oxygens (including phenoxy) is 2. The molecule has 2 aromatic rings. The van der Waals surface area contributed by atoms with Gasteiger partial charge in [0.15, 0.2) is 17.7 Å². The predicted octanol–water partition coefficient (Wildman–Crippen LogP) is 1.52. The van der Waals surface area contributed by atoms with E-state index in [2.05, 4.69) is 5.32 Å². The highest BCUT2D eigenvalue weighted by molar-refractivity contribution is 5.99. The molecule has 0 unspecified atom stereocenters. The van der Waals surface area contributed by atoms with Crippen molar-refractivity contribution < 1.29 is 23.5 Å². The Morgan fingerprint density at radius 2 is 2.10 bits per heavy atom. The van der Waals surface area contributed by atoms with Crippen molar-refractivity contribution in [3.05, 3.63) is 63.3 Å². The van der Waals surface area contributed by atoms with Crippen LogP contribution in [0.25, 0.3) is 0 Å². The molecule has 4 rings (SSSR count). The molecule has 1 N–H and O–H groups in total. The van der Waals surface area contributed by atoms with Crippen LogP contribution in [0.5, 0.6) is 5.75 Å². The number of benzene rings is 1. The molecule has 0 spiro atoms. The summed E-state index contributed by atoms with van der Waals surface area (Å²) in [4.78, 5) is 40.3. The fraction of sp³-hybridized carbons (Fsp3) is 0.381. The zero-order valence-electron chi connectivity index (χ0n) is 16.7. The Morgan fingerprint density at radius 3 is 2.83 bits per heavy atom. The van der Waals surface area contributed by atoms with Gasteiger partial charge in [-0.1, -0.05) is 18.2 Å². The SMILES string of the molecule is COc1c2n(cc(C(=O)NCc3ccccc3F)c1=O)C[C@@H]1OCC[C@@H](C)N1C2=O. The molecule has 8 nitrogen and oxygen atoms in total. The van der Waals surface area contributed by atoms with Crippen molar-refractivity contribution in [2.45, 2.75) is 38.7 Å². The number of methoxy groups -OCH3 is 1. The van der Waals surface area contributed by atoms with Crippen molar-refractivity contribution in [1.82, 2.24) is 14.8 Å². The molecule has 2 aliphatic rings. The normalized spacial score (nSPS) is 20.4. The van der Waals surface area contributed by atoms with Crippen LogP contribution in [0.1, 0.15) is 39.8 Å². The lowest BCUT2D eigenvalue weighted by Crippen LogP contribution is -2.57. The Bertz CT molecular complexity index is 1070. The Kier molecular flexibility index (Phi) is 5.29. The lowest BCUT2D eigenvalue weighted by molar-refractivity contribution is -0.112. The largest absolute Gasteiger partial charge is 0.491 e. The molecule has 1 saturated heterocycles. The number of hydrogen-bond acceptors (Lipinski definition) is 5. The molecule has 1 aromatic carbocycles. The Labute approximate surface area is 172 Å². The van der Waals surface area contributed by atoms with Crippen LogP contribution in [0.15, 0.2) is 35.3 Å². The summed E-state index contributed by atoms with van der Waals surface area (Å²) in [6, 6.07) is 6.01. The minimum absolute atomic E-state index is 0.0337. The molecule has 9 heteroatoms. The Balaban J connectivity index is 1.68. The Morgan fingerprint density at radius 1 is 1.33 bits per heavy atom. The van der Waals surface area contributed by atoms with Gasteiger partial charge in [0.1, 0.15) is 11.4 Å². The molecule has 2 amide bonds. The lowest BCUT2D eigenvalue weighted by Gasteiger charge is -2.44. The van der Waals surface area contributed by atoms with E-state index in [1.54, 1.807) is 23.1 Å². The number of aromatic nitrogens is 1. The van der Waals surface area contributed by atoms with Crippen molar-refractivity contribution in [1.29, 1.82) is 0 Å². The first-order valence-corrected chi connectivity index (χ1v) is 9.69. The van der Waals surface area contributed by atoms with Crippen molar-refractivity contribution in [3.63, 3.8) is 0 Å². The van der Waals surface area contributed by atoms with E-state index in [9.17, 15) is 18.8 Å². The van der Waals surface area contributed by atoms with Crippen molar-refractivity contribution >= 4 is 11.8 Å². The van der Waals surface area contributed by atoms with Crippen LogP contribution < -0.4 is 15.5 Å². The van der Waals surface area contributed by atoms with E-state index in [0.717, 1.165) is 0 Å². The number of nitrogens with zero attached hydrogens (tertiary/aromatic N) is 2. The van der Waals surface area contributed by atoms with Gasteiger partial charge in [-0.15, -0.1) is 0 Å². The van der Waals surface area contributed by atoms with E-state index >= 15 is 0 Å². The number of pyridine rings is 1. The molecule has 1 aromatic heterocycles. The second kappa shape index (κ2) is 7.91. The van der Waals surface area contributed by atoms with Gasteiger partial charge in [0, 0.05) is 24.3 Å². The third-order valence-electron chi connectivity index (χ3n) is 5.51. The van der Waals surface area contributed by atoms with Crippen LogP contribution in [-0.2, 0) is 17.8 Å². The summed E-state index contributed by atoms with van der Waals surface area (Å²) in [6.45, 7) is 2.65. The second-order valence-corrected chi connectivity index (χ2v) is 7.36. The summed E-state index contributed by atoms with van der Waals surface area (Å²) in [5.41, 5.74) is -0.475. The predicted molar refractivity (Wildman–Crippen MR) is 105 cm³/mol. The second-order valence-electron chi connectivity index (χ2n) is 7.36. The number of rotatable bonds is 4. The maximum Gasteiger partial charge on any atom is 0.276 e. The van der Waals surface area contributed by atoms with Crippen LogP contribution in [0.4, 0.5) is 4.39 Å². The van der Waals surface area contributed by atoms with Crippen LogP contribution in [-0.4, -0.2) is 47.3 Å². The molecule has 0 aliphatic carbocycles. The number of hydrogen-bond donors (Lipinski definition) is 1. The molecule has 30 heavy (non-hydrogen) atoms. The summed E-state index contributed by atoms with van der Waals surface area (Å²) in [7, 11) is 1.29. The molecular weight excluding hydrogens is 393 g/mol. The highest BCUT2D eigenvalue weighted by atomic mass is 19.1. The highest BCUT2D eigenvalue weighted by Gasteiger charge is 2.41. The quantitative estimate of drug-likeness (QED) is 0.818. The molecular formula is C21H22FN3O5. The van der Waals surface area contributed by atoms with Crippen LogP contribution in [0, 0.1) is 5.82 Å². The molecule has 158 valence electrons. The van der Waals surface area contributed by atoms with E-state index < -0.39 is 23.4 Å². The van der Waals surface area contributed by atoms with Gasteiger partial charge < -0.3 is 24.3 Å². The van der Waals surface area contributed by atoms with Gasteiger partial charge in [0.05, 0.1) is 20.3 Å². The third kappa shape index (κ3) is 3.35. The van der Waals surface area contributed by atoms with E-state index in [-0.39, 0.29) is 42.0 Å². The van der Waals surface area contributed by atoms with Gasteiger partial charge in [-0.2, -0.15) is 0 Å². The van der Waals surface area contributed by atoms with Gasteiger partial charge in [-0.3, -0.25) is 14.4 Å². The maximum atomic E-state index is 13.8. The number of carbonyl (C=O) groups is 2. The minimum atomic E-state index is -0.688. The fourth-order valence-electron chi connectivity index (χ4n) is 3.91. The van der Waals surface area contributed by atoms with Crippen LogP contribution in [0.2, 0.25) is 0 Å². The zero-order chi connectivity index (χ0) is 21.4. The monoisotopic (exact) mass is 415 g/mol. The van der Waals surface area contributed by atoms with Crippen molar-refractivity contribution in [2.24, 2.45) is 0 Å². The number of amides is 2. The van der Waals surface area contributed by atoms with E-state index in [4.69, 9.17) is 9.47 Å². The maximum absolute atomic E-state index is 13.8. The molecule has 2 aliphatic heterocycles. The van der Waals surface area contributed by atoms with Gasteiger partial charge in [0.25, 0.3) is 11.8 Å². The average molecular weight is 415 g/mol. The van der Waals surface area contributed by atoms with Gasteiger partial charge >= 0.3 is 0 Å². The number of fused-ring (bicyclic) bond motifs is 2. The van der Waals surface area contributed by atoms with Crippen LogP contribution in [0.3, 0.4) is 0 Å². The summed E-state index contributed by atoms with van der Waals surface area (Å²) < 4.78 is 26.3. The molecule has 0 bridgehead atoms. The molecule has 0 radical (unpaired) electrons. The summed E-state index contributed by atoms with van der Waals surface area (Å²) >= 11 is 0. The average Bonchev–Trinajstić information content (AvgIpc) is 2.73. The lowest BCUT2D eigenvalue weighted by atomic mass is 10.1. The smallest absolute Gasteiger partial charge is 0.276 e. The zero-order valence-corrected chi connectivity index (χ0v) is 16.7. The van der Waals surface area contributed by atoms with Crippen molar-refractivity contribution in [2.75, 3.05) is 13.7 Å². The highest BCUT2D eigenvalue weighted by Crippen LogP contribution is 2.29. The third-order valence-corrected chi connectivity index (χ3v) is 5.51. The topological polar surface area (TPSA) is 89.9 Å². The number of nitrogens with one attached hydrogen (secondary N) is 1. The van der Waals surface area contributed by atoms with Crippen molar-refractivity contribution in [3.8, 4) is 5.75 Å². The summed E-state index contributed by atoms with van der Waals surface area (Å²) in [5, 5.41) is 2.56. The standard InChI is InChI=1S/C21H22FN3O5/c1-12-7-8-30-16-11-24-10-14(18(26)19(29-2)17(24)21(28)25(12)16)20(27)23-9-13-5-3-4-6-15(13)22/h3-6,10,12,16H,7-9,11H2,1-2H3,(H,23,27)/t12-,16+/m1/s1. The summed E-state index contributed by atoms with van der Waals surface area (Å²) in [5.74, 6) is -1.68. The molecule has 2 atom stereocenters. The van der Waals surface area contributed by atoms with E-state index in [1.807, 2.05) is 6.92 Å². The molecule has 0 saturated carbocycles. The number of halogens is 1. The molecule has 1 fully saturated rings. The minimum Gasteiger partial charge on any atom is -0.491 e. The van der Waals surface area contributed by atoms with Gasteiger partial charge in [-0.05, 0) is 19.4 Å². The van der Waals surface area contributed by atoms with Gasteiger partial charge in [-0.25, -0.2) is 4.39 Å². The van der Waals surface area contributed by atoms with Gasteiger partial charge in [0.2, 0.25) is 5.43 Å².